The molecule has 1 saturated heterocycles. The Morgan fingerprint density at radius 3 is 2.50 bits per heavy atom. The molecule has 1 heterocycles. The van der Waals surface area contributed by atoms with Crippen molar-refractivity contribution in [3.63, 3.8) is 0 Å². The van der Waals surface area contributed by atoms with Crippen LogP contribution in [0.5, 0.6) is 0 Å². The first-order valence-corrected chi connectivity index (χ1v) is 6.07. The number of ether oxygens (including phenoxy) is 1. The second-order valence-electron chi connectivity index (χ2n) is 5.40. The van der Waals surface area contributed by atoms with Crippen LogP contribution in [0.2, 0.25) is 0 Å². The maximum absolute atomic E-state index is 5.68. The van der Waals surface area contributed by atoms with E-state index in [1.807, 2.05) is 0 Å². The van der Waals surface area contributed by atoms with Crippen molar-refractivity contribution in [2.45, 2.75) is 64.1 Å². The Morgan fingerprint density at radius 1 is 1.21 bits per heavy atom. The zero-order chi connectivity index (χ0) is 10.0. The predicted octanol–water partition coefficient (Wildman–Crippen LogP) is 2.68. The van der Waals surface area contributed by atoms with E-state index >= 15 is 0 Å². The average molecular weight is 197 g/mol. The summed E-state index contributed by atoms with van der Waals surface area (Å²) in [5, 5.41) is 3.56. The summed E-state index contributed by atoms with van der Waals surface area (Å²) in [6, 6.07) is 0.605. The van der Waals surface area contributed by atoms with Gasteiger partial charge in [-0.1, -0.05) is 32.1 Å². The molecule has 0 aromatic rings. The summed E-state index contributed by atoms with van der Waals surface area (Å²) in [5.74, 6) is 0.957. The fraction of sp³-hybridized carbons (Fsp3) is 1.00. The van der Waals surface area contributed by atoms with Crippen molar-refractivity contribution in [3.05, 3.63) is 0 Å². The van der Waals surface area contributed by atoms with Crippen LogP contribution >= 0.6 is 0 Å². The molecule has 82 valence electrons. The van der Waals surface area contributed by atoms with E-state index in [0.717, 1.165) is 12.5 Å². The summed E-state index contributed by atoms with van der Waals surface area (Å²) in [5.41, 5.74) is -0.0840. The third-order valence-electron chi connectivity index (χ3n) is 3.54. The lowest BCUT2D eigenvalue weighted by Crippen LogP contribution is -2.39. The standard InChI is InChI=1S/C12H23NO/c1-12(2)13-11(9-14-12)8-10-6-4-3-5-7-10/h10-11,13H,3-9H2,1-2H3. The first-order chi connectivity index (χ1) is 6.66. The third kappa shape index (κ3) is 2.71. The van der Waals surface area contributed by atoms with Crippen molar-refractivity contribution >= 4 is 0 Å². The van der Waals surface area contributed by atoms with Gasteiger partial charge < -0.3 is 4.74 Å². The van der Waals surface area contributed by atoms with Crippen LogP contribution in [0.4, 0.5) is 0 Å². The summed E-state index contributed by atoms with van der Waals surface area (Å²) >= 11 is 0. The minimum Gasteiger partial charge on any atom is -0.360 e. The largest absolute Gasteiger partial charge is 0.360 e. The molecule has 2 nitrogen and oxygen atoms in total. The van der Waals surface area contributed by atoms with Crippen LogP contribution in [-0.2, 0) is 4.74 Å². The van der Waals surface area contributed by atoms with Crippen LogP contribution in [0.3, 0.4) is 0 Å². The van der Waals surface area contributed by atoms with Gasteiger partial charge in [0.25, 0.3) is 0 Å². The Bertz CT molecular complexity index is 185. The van der Waals surface area contributed by atoms with Crippen molar-refractivity contribution in [1.29, 1.82) is 0 Å². The summed E-state index contributed by atoms with van der Waals surface area (Å²) < 4.78 is 5.68. The molecular formula is C12H23NO. The second-order valence-corrected chi connectivity index (χ2v) is 5.40. The van der Waals surface area contributed by atoms with Gasteiger partial charge in [0.15, 0.2) is 0 Å². The Kier molecular flexibility index (Phi) is 3.13. The lowest BCUT2D eigenvalue weighted by Gasteiger charge is -2.25. The average Bonchev–Trinajstić information content (AvgIpc) is 2.47. The second kappa shape index (κ2) is 4.19. The van der Waals surface area contributed by atoms with E-state index in [9.17, 15) is 0 Å². The minimum atomic E-state index is -0.0840. The lowest BCUT2D eigenvalue weighted by molar-refractivity contribution is 0.0230. The topological polar surface area (TPSA) is 21.3 Å². The van der Waals surface area contributed by atoms with E-state index in [1.165, 1.54) is 38.5 Å². The van der Waals surface area contributed by atoms with E-state index in [2.05, 4.69) is 19.2 Å². The highest BCUT2D eigenvalue weighted by atomic mass is 16.5. The Hall–Kier alpha value is -0.0800. The van der Waals surface area contributed by atoms with Crippen molar-refractivity contribution in [2.24, 2.45) is 5.92 Å². The molecular weight excluding hydrogens is 174 g/mol. The highest BCUT2D eigenvalue weighted by Crippen LogP contribution is 2.29. The van der Waals surface area contributed by atoms with E-state index in [4.69, 9.17) is 4.74 Å². The Morgan fingerprint density at radius 2 is 1.93 bits per heavy atom. The molecule has 1 unspecified atom stereocenters. The molecule has 0 aromatic heterocycles. The van der Waals surface area contributed by atoms with Crippen molar-refractivity contribution in [2.75, 3.05) is 6.61 Å². The van der Waals surface area contributed by atoms with E-state index in [0.29, 0.717) is 6.04 Å². The fourth-order valence-corrected chi connectivity index (χ4v) is 2.84. The Balaban J connectivity index is 1.75. The molecule has 2 fully saturated rings. The molecule has 2 rings (SSSR count). The molecule has 1 N–H and O–H groups in total. The molecule has 2 heteroatoms. The summed E-state index contributed by atoms with van der Waals surface area (Å²) in [4.78, 5) is 0. The van der Waals surface area contributed by atoms with Gasteiger partial charge in [-0.05, 0) is 26.2 Å². The van der Waals surface area contributed by atoms with Gasteiger partial charge >= 0.3 is 0 Å². The van der Waals surface area contributed by atoms with Crippen LogP contribution in [0.15, 0.2) is 0 Å². The predicted molar refractivity (Wildman–Crippen MR) is 58.1 cm³/mol. The molecule has 0 bridgehead atoms. The van der Waals surface area contributed by atoms with Gasteiger partial charge in [0.05, 0.1) is 6.61 Å². The zero-order valence-corrected chi connectivity index (χ0v) is 9.51. The van der Waals surface area contributed by atoms with Gasteiger partial charge in [0.2, 0.25) is 0 Å². The molecule has 1 atom stereocenters. The molecule has 14 heavy (non-hydrogen) atoms. The molecule has 1 aliphatic carbocycles. The lowest BCUT2D eigenvalue weighted by atomic mass is 9.85. The quantitative estimate of drug-likeness (QED) is 0.735. The van der Waals surface area contributed by atoms with Gasteiger partial charge in [-0.2, -0.15) is 0 Å². The maximum Gasteiger partial charge on any atom is 0.113 e. The SMILES string of the molecule is CC1(C)NC(CC2CCCCC2)CO1. The highest BCUT2D eigenvalue weighted by molar-refractivity contribution is 4.84. The Labute approximate surface area is 87.4 Å². The summed E-state index contributed by atoms with van der Waals surface area (Å²) in [7, 11) is 0. The fourth-order valence-electron chi connectivity index (χ4n) is 2.84. The van der Waals surface area contributed by atoms with Crippen molar-refractivity contribution in [1.82, 2.24) is 5.32 Å². The molecule has 1 saturated carbocycles. The van der Waals surface area contributed by atoms with Gasteiger partial charge in [0.1, 0.15) is 5.72 Å². The molecule has 0 radical (unpaired) electrons. The minimum absolute atomic E-state index is 0.0840. The number of hydrogen-bond acceptors (Lipinski definition) is 2. The van der Waals surface area contributed by atoms with Crippen LogP contribution in [0.25, 0.3) is 0 Å². The van der Waals surface area contributed by atoms with E-state index in [1.54, 1.807) is 0 Å². The van der Waals surface area contributed by atoms with Gasteiger partial charge in [-0.25, -0.2) is 0 Å². The first-order valence-electron chi connectivity index (χ1n) is 6.07. The van der Waals surface area contributed by atoms with Crippen LogP contribution in [-0.4, -0.2) is 18.4 Å². The highest BCUT2D eigenvalue weighted by Gasteiger charge is 2.32. The maximum atomic E-state index is 5.68. The molecule has 0 spiro atoms. The van der Waals surface area contributed by atoms with Crippen LogP contribution in [0, 0.1) is 5.92 Å². The number of nitrogens with one attached hydrogen (secondary N) is 1. The first kappa shape index (κ1) is 10.4. The smallest absolute Gasteiger partial charge is 0.113 e. The number of rotatable bonds is 2. The van der Waals surface area contributed by atoms with Crippen LogP contribution in [0.1, 0.15) is 52.4 Å². The van der Waals surface area contributed by atoms with Gasteiger partial charge in [-0.3, -0.25) is 5.32 Å². The van der Waals surface area contributed by atoms with Gasteiger partial charge in [-0.15, -0.1) is 0 Å². The zero-order valence-electron chi connectivity index (χ0n) is 9.51. The summed E-state index contributed by atoms with van der Waals surface area (Å²) in [6.07, 6.45) is 8.56. The van der Waals surface area contributed by atoms with E-state index in [-0.39, 0.29) is 5.72 Å². The molecule has 0 amide bonds. The van der Waals surface area contributed by atoms with Crippen molar-refractivity contribution in [3.8, 4) is 0 Å². The summed E-state index contributed by atoms with van der Waals surface area (Å²) in [6.45, 7) is 5.14. The monoisotopic (exact) mass is 197 g/mol. The van der Waals surface area contributed by atoms with Crippen molar-refractivity contribution < 1.29 is 4.74 Å². The normalized spacial score (nSPS) is 33.4. The third-order valence-corrected chi connectivity index (χ3v) is 3.54. The molecule has 1 aliphatic heterocycles. The van der Waals surface area contributed by atoms with Gasteiger partial charge in [0, 0.05) is 6.04 Å². The van der Waals surface area contributed by atoms with Crippen LogP contribution < -0.4 is 5.32 Å². The molecule has 2 aliphatic rings. The number of hydrogen-bond donors (Lipinski definition) is 1. The van der Waals surface area contributed by atoms with E-state index < -0.39 is 0 Å². The molecule has 0 aromatic carbocycles.